The molecule has 0 aromatic heterocycles. The highest BCUT2D eigenvalue weighted by atomic mass is 19.1. The van der Waals surface area contributed by atoms with Gasteiger partial charge in [-0.25, -0.2) is 4.39 Å². The number of nitrogens with one attached hydrogen (secondary N) is 1. The molecule has 0 spiro atoms. The van der Waals surface area contributed by atoms with E-state index in [9.17, 15) is 4.39 Å². The van der Waals surface area contributed by atoms with Crippen LogP contribution < -0.4 is 5.43 Å². The van der Waals surface area contributed by atoms with Crippen LogP contribution in [0.3, 0.4) is 0 Å². The van der Waals surface area contributed by atoms with Crippen molar-refractivity contribution in [3.8, 4) is 12.1 Å². The largest absolute Gasteiger partial charge is 0.277 e. The second kappa shape index (κ2) is 4.58. The molecule has 5 heteroatoms. The fourth-order valence-electron chi connectivity index (χ4n) is 0.720. The van der Waals surface area contributed by atoms with Crippen LogP contribution in [0.5, 0.6) is 0 Å². The number of anilines is 1. The summed E-state index contributed by atoms with van der Waals surface area (Å²) < 4.78 is 12.4. The first-order valence-electron chi connectivity index (χ1n) is 3.65. The van der Waals surface area contributed by atoms with E-state index in [-0.39, 0.29) is 11.5 Å². The molecule has 0 fully saturated rings. The van der Waals surface area contributed by atoms with Crippen molar-refractivity contribution >= 4 is 11.4 Å². The molecule has 68 valence electrons. The Morgan fingerprint density at radius 1 is 1.21 bits per heavy atom. The molecule has 0 heterocycles. The molecular formula is C9H5FN4. The lowest BCUT2D eigenvalue weighted by Gasteiger charge is -1.97. The summed E-state index contributed by atoms with van der Waals surface area (Å²) >= 11 is 0. The Morgan fingerprint density at radius 3 is 2.29 bits per heavy atom. The Balaban J connectivity index is 2.73. The molecule has 1 aromatic carbocycles. The Morgan fingerprint density at radius 2 is 1.79 bits per heavy atom. The third-order valence-electron chi connectivity index (χ3n) is 1.35. The molecule has 0 aliphatic carbocycles. The minimum atomic E-state index is -0.361. The van der Waals surface area contributed by atoms with Crippen molar-refractivity contribution in [3.05, 3.63) is 30.1 Å². The van der Waals surface area contributed by atoms with E-state index in [4.69, 9.17) is 10.5 Å². The zero-order valence-corrected chi connectivity index (χ0v) is 7.03. The Kier molecular flexibility index (Phi) is 3.17. The van der Waals surface area contributed by atoms with Gasteiger partial charge in [0.25, 0.3) is 0 Å². The molecule has 14 heavy (non-hydrogen) atoms. The van der Waals surface area contributed by atoms with Crippen LogP contribution in [0.1, 0.15) is 0 Å². The van der Waals surface area contributed by atoms with Crippen LogP contribution in [0, 0.1) is 28.5 Å². The maximum absolute atomic E-state index is 12.4. The van der Waals surface area contributed by atoms with Gasteiger partial charge in [0.05, 0.1) is 5.69 Å². The lowest BCUT2D eigenvalue weighted by Crippen LogP contribution is -1.96. The molecule has 0 aliphatic heterocycles. The standard InChI is InChI=1S/C9H5FN4/c10-7-1-3-8(4-2-7)13-14-9(5-11)6-12/h1-4,13H. The van der Waals surface area contributed by atoms with Crippen molar-refractivity contribution in [1.82, 2.24) is 0 Å². The van der Waals surface area contributed by atoms with E-state index in [1.807, 2.05) is 0 Å². The van der Waals surface area contributed by atoms with E-state index in [1.165, 1.54) is 24.3 Å². The van der Waals surface area contributed by atoms with Gasteiger partial charge in [0, 0.05) is 0 Å². The number of rotatable bonds is 2. The second-order valence-electron chi connectivity index (χ2n) is 2.30. The van der Waals surface area contributed by atoms with Crippen LogP contribution in [0.25, 0.3) is 0 Å². The molecule has 0 saturated carbocycles. The monoisotopic (exact) mass is 188 g/mol. The van der Waals surface area contributed by atoms with Crippen LogP contribution in [-0.2, 0) is 0 Å². The van der Waals surface area contributed by atoms with Gasteiger partial charge in [0.1, 0.15) is 18.0 Å². The van der Waals surface area contributed by atoms with E-state index in [0.717, 1.165) is 0 Å². The third-order valence-corrected chi connectivity index (χ3v) is 1.35. The quantitative estimate of drug-likeness (QED) is 0.566. The molecule has 0 aliphatic rings. The molecule has 0 radical (unpaired) electrons. The number of halogens is 1. The van der Waals surface area contributed by atoms with E-state index in [1.54, 1.807) is 12.1 Å². The molecular weight excluding hydrogens is 183 g/mol. The average Bonchev–Trinajstić information content (AvgIpc) is 2.22. The van der Waals surface area contributed by atoms with Gasteiger partial charge < -0.3 is 0 Å². The maximum Gasteiger partial charge on any atom is 0.237 e. The van der Waals surface area contributed by atoms with Gasteiger partial charge in [-0.2, -0.15) is 15.6 Å². The summed E-state index contributed by atoms with van der Waals surface area (Å²) in [7, 11) is 0. The number of benzene rings is 1. The van der Waals surface area contributed by atoms with Gasteiger partial charge in [0.2, 0.25) is 5.71 Å². The average molecular weight is 188 g/mol. The van der Waals surface area contributed by atoms with Gasteiger partial charge in [-0.1, -0.05) is 0 Å². The Bertz CT molecular complexity index is 406. The van der Waals surface area contributed by atoms with Gasteiger partial charge in [-0.15, -0.1) is 0 Å². The summed E-state index contributed by atoms with van der Waals surface area (Å²) in [5, 5.41) is 20.2. The smallest absolute Gasteiger partial charge is 0.237 e. The number of hydrogen-bond donors (Lipinski definition) is 1. The van der Waals surface area contributed by atoms with Crippen molar-refractivity contribution < 1.29 is 4.39 Å². The first-order chi connectivity index (χ1) is 6.76. The van der Waals surface area contributed by atoms with E-state index < -0.39 is 0 Å². The number of nitriles is 2. The van der Waals surface area contributed by atoms with Crippen LogP contribution in [0.4, 0.5) is 10.1 Å². The highest BCUT2D eigenvalue weighted by Gasteiger charge is 1.94. The van der Waals surface area contributed by atoms with Gasteiger partial charge in [-0.3, -0.25) is 5.43 Å². The molecule has 0 unspecified atom stereocenters. The minimum absolute atomic E-state index is 0.283. The molecule has 1 aromatic rings. The van der Waals surface area contributed by atoms with Gasteiger partial charge in [0.15, 0.2) is 0 Å². The first kappa shape index (κ1) is 9.69. The molecule has 0 bridgehead atoms. The summed E-state index contributed by atoms with van der Waals surface area (Å²) in [6, 6.07) is 8.56. The summed E-state index contributed by atoms with van der Waals surface area (Å²) in [4.78, 5) is 0. The number of hydrogen-bond acceptors (Lipinski definition) is 4. The second-order valence-corrected chi connectivity index (χ2v) is 2.30. The normalized spacial score (nSPS) is 8.21. The zero-order valence-electron chi connectivity index (χ0n) is 7.03. The third kappa shape index (κ3) is 2.58. The van der Waals surface area contributed by atoms with E-state index in [0.29, 0.717) is 5.69 Å². The van der Waals surface area contributed by atoms with Gasteiger partial charge in [-0.05, 0) is 24.3 Å². The van der Waals surface area contributed by atoms with Crippen LogP contribution in [0.15, 0.2) is 29.4 Å². The van der Waals surface area contributed by atoms with Crippen molar-refractivity contribution in [2.45, 2.75) is 0 Å². The minimum Gasteiger partial charge on any atom is -0.277 e. The van der Waals surface area contributed by atoms with Crippen LogP contribution in [0.2, 0.25) is 0 Å². The topological polar surface area (TPSA) is 72.0 Å². The zero-order chi connectivity index (χ0) is 10.4. The molecule has 0 atom stereocenters. The van der Waals surface area contributed by atoms with Crippen LogP contribution >= 0.6 is 0 Å². The number of hydrazone groups is 1. The van der Waals surface area contributed by atoms with E-state index >= 15 is 0 Å². The predicted molar refractivity (Wildman–Crippen MR) is 48.7 cm³/mol. The molecule has 1 N–H and O–H groups in total. The molecule has 0 saturated heterocycles. The maximum atomic E-state index is 12.4. The summed E-state index contributed by atoms with van der Waals surface area (Å²) in [5.41, 5.74) is 2.68. The fraction of sp³-hybridized carbons (Fsp3) is 0. The van der Waals surface area contributed by atoms with Crippen molar-refractivity contribution in [1.29, 1.82) is 10.5 Å². The highest BCUT2D eigenvalue weighted by Crippen LogP contribution is 2.07. The molecule has 1 rings (SSSR count). The first-order valence-corrected chi connectivity index (χ1v) is 3.65. The lowest BCUT2D eigenvalue weighted by atomic mass is 10.3. The summed E-state index contributed by atoms with van der Waals surface area (Å²) in [5.74, 6) is -0.361. The summed E-state index contributed by atoms with van der Waals surface area (Å²) in [6.07, 6.45) is 0. The van der Waals surface area contributed by atoms with Crippen molar-refractivity contribution in [3.63, 3.8) is 0 Å². The van der Waals surface area contributed by atoms with Gasteiger partial charge >= 0.3 is 0 Å². The SMILES string of the molecule is N#CC(C#N)=NNc1ccc(F)cc1. The van der Waals surface area contributed by atoms with Crippen molar-refractivity contribution in [2.24, 2.45) is 5.10 Å². The Hall–Kier alpha value is -2.40. The Labute approximate surface area is 79.9 Å². The lowest BCUT2D eigenvalue weighted by molar-refractivity contribution is 0.628. The molecule has 4 nitrogen and oxygen atoms in total. The van der Waals surface area contributed by atoms with Crippen molar-refractivity contribution in [2.75, 3.05) is 5.43 Å². The summed E-state index contributed by atoms with van der Waals surface area (Å²) in [6.45, 7) is 0. The highest BCUT2D eigenvalue weighted by molar-refractivity contribution is 6.10. The number of nitrogens with zero attached hydrogens (tertiary/aromatic N) is 3. The van der Waals surface area contributed by atoms with E-state index in [2.05, 4.69) is 10.5 Å². The fourth-order valence-corrected chi connectivity index (χ4v) is 0.720. The van der Waals surface area contributed by atoms with Crippen LogP contribution in [-0.4, -0.2) is 5.71 Å². The molecule has 0 amide bonds. The predicted octanol–water partition coefficient (Wildman–Crippen LogP) is 1.64.